The highest BCUT2D eigenvalue weighted by Gasteiger charge is 1.85. The molecule has 0 atom stereocenters. The Bertz CT molecular complexity index is 61.1. The Morgan fingerprint density at radius 3 is 2.57 bits per heavy atom. The van der Waals surface area contributed by atoms with Crippen molar-refractivity contribution in [1.29, 1.82) is 0 Å². The monoisotopic (exact) mass is 120 g/mol. The maximum atomic E-state index is 11.7. The van der Waals surface area contributed by atoms with Crippen molar-refractivity contribution in [1.82, 2.24) is 0 Å². The van der Waals surface area contributed by atoms with Gasteiger partial charge in [-0.3, -0.25) is 0 Å². The average molecular weight is 120 g/mol. The minimum absolute atomic E-state index is 0.230. The first-order valence-electron chi connectivity index (χ1n) is 2.18. The van der Waals surface area contributed by atoms with Gasteiger partial charge in [0.15, 0.2) is 0 Å². The lowest BCUT2D eigenvalue weighted by Crippen LogP contribution is -1.75. The maximum Gasteiger partial charge on any atom is 0.103 e. The second kappa shape index (κ2) is 4.19. The SMILES string of the molecule is C=C(F)CSCC. The molecule has 0 aromatic rings. The van der Waals surface area contributed by atoms with Crippen LogP contribution in [0.4, 0.5) is 4.39 Å². The molecule has 42 valence electrons. The first-order chi connectivity index (χ1) is 3.27. The number of hydrogen-bond donors (Lipinski definition) is 0. The zero-order valence-corrected chi connectivity index (χ0v) is 5.22. The minimum Gasteiger partial charge on any atom is -0.212 e. The summed E-state index contributed by atoms with van der Waals surface area (Å²) >= 11 is 1.54. The van der Waals surface area contributed by atoms with Crippen LogP contribution >= 0.6 is 11.8 Å². The van der Waals surface area contributed by atoms with Crippen molar-refractivity contribution < 1.29 is 4.39 Å². The van der Waals surface area contributed by atoms with E-state index in [4.69, 9.17) is 0 Å². The molecule has 0 aliphatic rings. The number of hydrogen-bond acceptors (Lipinski definition) is 1. The van der Waals surface area contributed by atoms with Crippen molar-refractivity contribution >= 4 is 11.8 Å². The predicted octanol–water partition coefficient (Wildman–Crippen LogP) is 2.22. The molecule has 0 unspecified atom stereocenters. The molecule has 0 nitrogen and oxygen atoms in total. The van der Waals surface area contributed by atoms with Crippen LogP contribution in [-0.2, 0) is 0 Å². The van der Waals surface area contributed by atoms with Crippen molar-refractivity contribution in [2.24, 2.45) is 0 Å². The number of rotatable bonds is 3. The van der Waals surface area contributed by atoms with Crippen molar-refractivity contribution in [3.05, 3.63) is 12.4 Å². The van der Waals surface area contributed by atoms with Crippen molar-refractivity contribution in [3.8, 4) is 0 Å². The number of thioether (sulfide) groups is 1. The third-order valence-corrected chi connectivity index (χ3v) is 1.39. The van der Waals surface area contributed by atoms with Crippen LogP contribution in [0, 0.1) is 0 Å². The second-order valence-electron chi connectivity index (χ2n) is 1.15. The average Bonchev–Trinajstić information content (AvgIpc) is 1.61. The first kappa shape index (κ1) is 7.02. The van der Waals surface area contributed by atoms with Gasteiger partial charge in [-0.05, 0) is 5.75 Å². The normalized spacial score (nSPS) is 8.86. The summed E-state index contributed by atoms with van der Waals surface area (Å²) < 4.78 is 11.7. The molecule has 0 aliphatic carbocycles. The summed E-state index contributed by atoms with van der Waals surface area (Å²) in [6, 6.07) is 0. The summed E-state index contributed by atoms with van der Waals surface area (Å²) in [5.74, 6) is 1.19. The van der Waals surface area contributed by atoms with Crippen LogP contribution in [0.25, 0.3) is 0 Å². The van der Waals surface area contributed by atoms with Crippen LogP contribution in [0.2, 0.25) is 0 Å². The van der Waals surface area contributed by atoms with Gasteiger partial charge in [0.1, 0.15) is 5.83 Å². The minimum atomic E-state index is -0.230. The highest BCUT2D eigenvalue weighted by molar-refractivity contribution is 7.99. The molecule has 0 rings (SSSR count). The predicted molar refractivity (Wildman–Crippen MR) is 33.2 cm³/mol. The lowest BCUT2D eigenvalue weighted by Gasteiger charge is -1.88. The molecular weight excluding hydrogens is 111 g/mol. The Kier molecular flexibility index (Phi) is 4.20. The molecule has 0 heterocycles. The largest absolute Gasteiger partial charge is 0.212 e. The zero-order chi connectivity index (χ0) is 5.70. The molecule has 0 fully saturated rings. The van der Waals surface area contributed by atoms with Gasteiger partial charge in [-0.2, -0.15) is 11.8 Å². The molecule has 0 saturated heterocycles. The van der Waals surface area contributed by atoms with E-state index >= 15 is 0 Å². The van der Waals surface area contributed by atoms with E-state index in [1.165, 1.54) is 0 Å². The first-order valence-corrected chi connectivity index (χ1v) is 3.34. The van der Waals surface area contributed by atoms with E-state index in [9.17, 15) is 4.39 Å². The van der Waals surface area contributed by atoms with Gasteiger partial charge in [0.05, 0.1) is 0 Å². The van der Waals surface area contributed by atoms with Gasteiger partial charge in [0.2, 0.25) is 0 Å². The van der Waals surface area contributed by atoms with Crippen molar-refractivity contribution in [2.75, 3.05) is 11.5 Å². The standard InChI is InChI=1S/C5H9FS/c1-3-7-4-5(2)6/h2-4H2,1H3. The van der Waals surface area contributed by atoms with Gasteiger partial charge in [0.25, 0.3) is 0 Å². The van der Waals surface area contributed by atoms with Crippen LogP contribution in [0.15, 0.2) is 12.4 Å². The molecule has 0 spiro atoms. The van der Waals surface area contributed by atoms with Gasteiger partial charge in [-0.25, -0.2) is 4.39 Å². The summed E-state index contributed by atoms with van der Waals surface area (Å²) in [6.07, 6.45) is 0. The fourth-order valence-corrected chi connectivity index (χ4v) is 0.638. The summed E-state index contributed by atoms with van der Waals surface area (Å²) in [7, 11) is 0. The fraction of sp³-hybridized carbons (Fsp3) is 0.600. The third kappa shape index (κ3) is 6.02. The van der Waals surface area contributed by atoms with Crippen molar-refractivity contribution in [3.63, 3.8) is 0 Å². The molecule has 2 heteroatoms. The van der Waals surface area contributed by atoms with Gasteiger partial charge in [0, 0.05) is 5.75 Å². The van der Waals surface area contributed by atoms with Crippen LogP contribution in [0.5, 0.6) is 0 Å². The Balaban J connectivity index is 2.82. The van der Waals surface area contributed by atoms with Crippen LogP contribution in [0.3, 0.4) is 0 Å². The van der Waals surface area contributed by atoms with Crippen molar-refractivity contribution in [2.45, 2.75) is 6.92 Å². The molecule has 0 aliphatic heterocycles. The van der Waals surface area contributed by atoms with Gasteiger partial charge >= 0.3 is 0 Å². The third-order valence-electron chi connectivity index (χ3n) is 0.463. The Labute approximate surface area is 47.8 Å². The lowest BCUT2D eigenvalue weighted by atomic mass is 10.7. The Hall–Kier alpha value is 0.0200. The van der Waals surface area contributed by atoms with Gasteiger partial charge < -0.3 is 0 Å². The van der Waals surface area contributed by atoms with E-state index in [1.807, 2.05) is 6.92 Å². The Morgan fingerprint density at radius 1 is 1.86 bits per heavy atom. The topological polar surface area (TPSA) is 0 Å². The van der Waals surface area contributed by atoms with Crippen LogP contribution in [-0.4, -0.2) is 11.5 Å². The fourth-order valence-electron chi connectivity index (χ4n) is 0.213. The van der Waals surface area contributed by atoms with Gasteiger partial charge in [-0.1, -0.05) is 13.5 Å². The van der Waals surface area contributed by atoms with E-state index in [2.05, 4.69) is 6.58 Å². The van der Waals surface area contributed by atoms with E-state index in [0.29, 0.717) is 5.75 Å². The van der Waals surface area contributed by atoms with Crippen LogP contribution in [0.1, 0.15) is 6.92 Å². The highest BCUT2D eigenvalue weighted by Crippen LogP contribution is 2.04. The summed E-state index contributed by atoms with van der Waals surface area (Å²) in [5, 5.41) is 0. The molecule has 0 N–H and O–H groups in total. The summed E-state index contributed by atoms with van der Waals surface area (Å²) in [5.41, 5.74) is 0. The molecule has 0 aromatic heterocycles. The van der Waals surface area contributed by atoms with E-state index in [-0.39, 0.29) is 5.83 Å². The van der Waals surface area contributed by atoms with Crippen LogP contribution < -0.4 is 0 Å². The molecular formula is C5H9FS. The Morgan fingerprint density at radius 2 is 2.43 bits per heavy atom. The second-order valence-corrected chi connectivity index (χ2v) is 2.43. The maximum absolute atomic E-state index is 11.7. The molecule has 0 radical (unpaired) electrons. The lowest BCUT2D eigenvalue weighted by molar-refractivity contribution is 0.649. The highest BCUT2D eigenvalue weighted by atomic mass is 32.2. The van der Waals surface area contributed by atoms with Gasteiger partial charge in [-0.15, -0.1) is 0 Å². The van der Waals surface area contributed by atoms with E-state index < -0.39 is 0 Å². The van der Waals surface area contributed by atoms with E-state index in [0.717, 1.165) is 5.75 Å². The smallest absolute Gasteiger partial charge is 0.103 e. The molecule has 0 saturated carbocycles. The number of halogens is 1. The summed E-state index contributed by atoms with van der Waals surface area (Å²) in [4.78, 5) is 0. The molecule has 0 amide bonds. The molecule has 7 heavy (non-hydrogen) atoms. The quantitative estimate of drug-likeness (QED) is 0.550. The van der Waals surface area contributed by atoms with E-state index in [1.54, 1.807) is 11.8 Å². The zero-order valence-electron chi connectivity index (χ0n) is 4.41. The molecule has 0 aromatic carbocycles. The summed E-state index contributed by atoms with van der Waals surface area (Å²) in [6.45, 7) is 5.10. The molecule has 0 bridgehead atoms.